The highest BCUT2D eigenvalue weighted by atomic mass is 32.1. The monoisotopic (exact) mass is 534 g/mol. The number of rotatable bonds is 8. The van der Waals surface area contributed by atoms with Gasteiger partial charge in [-0.2, -0.15) is 13.2 Å². The van der Waals surface area contributed by atoms with Crippen LogP contribution in [0.3, 0.4) is 0 Å². The van der Waals surface area contributed by atoms with Gasteiger partial charge in [0.25, 0.3) is 5.91 Å². The normalized spacial score (nSPS) is 12.7. The van der Waals surface area contributed by atoms with E-state index in [1.807, 2.05) is 26.0 Å². The van der Waals surface area contributed by atoms with Gasteiger partial charge in [0.05, 0.1) is 23.9 Å². The molecule has 1 atom stereocenters. The van der Waals surface area contributed by atoms with Crippen molar-refractivity contribution in [2.75, 3.05) is 6.61 Å². The van der Waals surface area contributed by atoms with E-state index in [4.69, 9.17) is 9.47 Å². The summed E-state index contributed by atoms with van der Waals surface area (Å²) in [4.78, 5) is 29.9. The molecular weight excluding hydrogens is 505 g/mol. The molecule has 0 radical (unpaired) electrons. The van der Waals surface area contributed by atoms with Crippen LogP contribution in [0.1, 0.15) is 65.8 Å². The van der Waals surface area contributed by atoms with Gasteiger partial charge in [-0.05, 0) is 70.9 Å². The predicted octanol–water partition coefficient (Wildman–Crippen LogP) is 6.66. The van der Waals surface area contributed by atoms with Gasteiger partial charge >= 0.3 is 12.1 Å². The van der Waals surface area contributed by atoms with Gasteiger partial charge in [-0.25, -0.2) is 9.78 Å². The molecule has 0 aliphatic carbocycles. The van der Waals surface area contributed by atoms with Crippen LogP contribution in [0.4, 0.5) is 13.2 Å². The molecule has 3 rings (SSSR count). The van der Waals surface area contributed by atoms with Crippen molar-refractivity contribution in [2.24, 2.45) is 0 Å². The van der Waals surface area contributed by atoms with Crippen LogP contribution in [0.5, 0.6) is 5.75 Å². The Bertz CT molecular complexity index is 1280. The van der Waals surface area contributed by atoms with Crippen molar-refractivity contribution in [1.82, 2.24) is 10.3 Å². The molecule has 1 amide bonds. The Morgan fingerprint density at radius 2 is 1.73 bits per heavy atom. The maximum atomic E-state index is 13.0. The smallest absolute Gasteiger partial charge is 0.416 e. The van der Waals surface area contributed by atoms with Crippen molar-refractivity contribution in [3.05, 3.63) is 69.7 Å². The molecule has 0 aliphatic rings. The molecule has 198 valence electrons. The Labute approximate surface area is 217 Å². The molecule has 2 aromatic carbocycles. The zero-order valence-electron chi connectivity index (χ0n) is 21.4. The number of aryl methyl sites for hydroxylation is 2. The van der Waals surface area contributed by atoms with Crippen molar-refractivity contribution in [3.8, 4) is 16.3 Å². The molecular formula is C27H29F3N2O4S. The quantitative estimate of drug-likeness (QED) is 0.327. The third-order valence-corrected chi connectivity index (χ3v) is 6.85. The fourth-order valence-corrected chi connectivity index (χ4v) is 4.53. The first kappa shape index (κ1) is 28.2. The zero-order chi connectivity index (χ0) is 27.5. The van der Waals surface area contributed by atoms with E-state index in [-0.39, 0.29) is 18.6 Å². The number of halogens is 3. The third kappa shape index (κ3) is 6.68. The van der Waals surface area contributed by atoms with Crippen LogP contribution in [0.25, 0.3) is 10.6 Å². The average molecular weight is 535 g/mol. The van der Waals surface area contributed by atoms with Crippen LogP contribution in [0.15, 0.2) is 42.5 Å². The number of carbonyl (C=O) groups is 2. The van der Waals surface area contributed by atoms with Gasteiger partial charge in [0, 0.05) is 5.56 Å². The minimum absolute atomic E-state index is 0.256. The molecule has 0 saturated heterocycles. The molecule has 0 bridgehead atoms. The zero-order valence-corrected chi connectivity index (χ0v) is 22.3. The van der Waals surface area contributed by atoms with Crippen LogP contribution in [0.2, 0.25) is 0 Å². The number of esters is 1. The van der Waals surface area contributed by atoms with E-state index in [1.165, 1.54) is 12.1 Å². The lowest BCUT2D eigenvalue weighted by Gasteiger charge is -2.25. The number of benzene rings is 2. The number of alkyl halides is 3. The van der Waals surface area contributed by atoms with Gasteiger partial charge in [0.15, 0.2) is 5.60 Å². The molecule has 1 aromatic heterocycles. The molecule has 1 N–H and O–H groups in total. The van der Waals surface area contributed by atoms with Crippen molar-refractivity contribution in [2.45, 2.75) is 59.4 Å². The van der Waals surface area contributed by atoms with E-state index in [1.54, 1.807) is 33.8 Å². The Morgan fingerprint density at radius 3 is 2.30 bits per heavy atom. The van der Waals surface area contributed by atoms with Crippen molar-refractivity contribution < 1.29 is 32.2 Å². The summed E-state index contributed by atoms with van der Waals surface area (Å²) in [5.41, 5.74) is 0.714. The minimum Gasteiger partial charge on any atom is -0.476 e. The standard InChI is InChI=1S/C27H29F3N2O4S/c1-7-35-25(34)26(5,6)36-21-13-10-19(14-15(21)2)16(3)31-23(33)22-17(4)32-24(37-22)18-8-11-20(12-9-18)27(28,29)30/h8-14,16H,7H2,1-6H3,(H,31,33). The summed E-state index contributed by atoms with van der Waals surface area (Å²) in [7, 11) is 0. The number of hydrogen-bond acceptors (Lipinski definition) is 6. The fourth-order valence-electron chi connectivity index (χ4n) is 3.56. The number of thiazole rings is 1. The number of nitrogens with zero attached hydrogens (tertiary/aromatic N) is 1. The van der Waals surface area contributed by atoms with Crippen LogP contribution >= 0.6 is 11.3 Å². The van der Waals surface area contributed by atoms with E-state index < -0.39 is 23.3 Å². The molecule has 1 unspecified atom stereocenters. The number of hydrogen-bond donors (Lipinski definition) is 1. The average Bonchev–Trinajstić information content (AvgIpc) is 3.21. The molecule has 1 heterocycles. The van der Waals surface area contributed by atoms with Crippen LogP contribution < -0.4 is 10.1 Å². The van der Waals surface area contributed by atoms with E-state index in [2.05, 4.69) is 10.3 Å². The summed E-state index contributed by atoms with van der Waals surface area (Å²) >= 11 is 1.12. The molecule has 0 saturated carbocycles. The second kappa shape index (κ2) is 10.9. The Hall–Kier alpha value is -3.40. The highest BCUT2D eigenvalue weighted by molar-refractivity contribution is 7.17. The van der Waals surface area contributed by atoms with Crippen molar-refractivity contribution in [3.63, 3.8) is 0 Å². The molecule has 3 aromatic rings. The summed E-state index contributed by atoms with van der Waals surface area (Å²) in [6.07, 6.45) is -4.42. The van der Waals surface area contributed by atoms with E-state index in [9.17, 15) is 22.8 Å². The van der Waals surface area contributed by atoms with Crippen LogP contribution in [-0.2, 0) is 15.7 Å². The van der Waals surface area contributed by atoms with E-state index in [0.29, 0.717) is 26.9 Å². The first-order chi connectivity index (χ1) is 17.2. The fraction of sp³-hybridized carbons (Fsp3) is 0.370. The molecule has 6 nitrogen and oxygen atoms in total. The number of ether oxygens (including phenoxy) is 2. The Morgan fingerprint density at radius 1 is 1.08 bits per heavy atom. The second-order valence-corrected chi connectivity index (χ2v) is 10.1. The topological polar surface area (TPSA) is 77.5 Å². The Kier molecular flexibility index (Phi) is 8.32. The van der Waals surface area contributed by atoms with E-state index >= 15 is 0 Å². The van der Waals surface area contributed by atoms with Gasteiger partial charge in [0.1, 0.15) is 15.6 Å². The summed E-state index contributed by atoms with van der Waals surface area (Å²) in [6, 6.07) is 9.76. The first-order valence-corrected chi connectivity index (χ1v) is 12.5. The maximum absolute atomic E-state index is 13.0. The third-order valence-electron chi connectivity index (χ3n) is 5.64. The molecule has 0 fully saturated rings. The number of aromatic nitrogens is 1. The lowest BCUT2D eigenvalue weighted by atomic mass is 10.0. The number of carbonyl (C=O) groups excluding carboxylic acids is 2. The second-order valence-electron chi connectivity index (χ2n) is 9.06. The SMILES string of the molecule is CCOC(=O)C(C)(C)Oc1ccc(C(C)NC(=O)c2sc(-c3ccc(C(F)(F)F)cc3)nc2C)cc1C. The van der Waals surface area contributed by atoms with E-state index in [0.717, 1.165) is 34.6 Å². The maximum Gasteiger partial charge on any atom is 0.416 e. The summed E-state index contributed by atoms with van der Waals surface area (Å²) in [5.74, 6) is -0.267. The highest BCUT2D eigenvalue weighted by Crippen LogP contribution is 2.33. The molecule has 10 heteroatoms. The first-order valence-electron chi connectivity index (χ1n) is 11.7. The summed E-state index contributed by atoms with van der Waals surface area (Å²) < 4.78 is 49.5. The van der Waals surface area contributed by atoms with Gasteiger partial charge < -0.3 is 14.8 Å². The van der Waals surface area contributed by atoms with Crippen molar-refractivity contribution in [1.29, 1.82) is 0 Å². The van der Waals surface area contributed by atoms with Crippen molar-refractivity contribution >= 4 is 23.2 Å². The summed E-state index contributed by atoms with van der Waals surface area (Å²) in [5, 5.41) is 3.41. The number of amides is 1. The summed E-state index contributed by atoms with van der Waals surface area (Å²) in [6.45, 7) is 10.6. The molecule has 0 aliphatic heterocycles. The van der Waals surface area contributed by atoms with Gasteiger partial charge in [-0.3, -0.25) is 4.79 Å². The molecule has 0 spiro atoms. The Balaban J connectivity index is 1.72. The lowest BCUT2D eigenvalue weighted by molar-refractivity contribution is -0.158. The molecule has 37 heavy (non-hydrogen) atoms. The van der Waals surface area contributed by atoms with Crippen LogP contribution in [0, 0.1) is 13.8 Å². The lowest BCUT2D eigenvalue weighted by Crippen LogP contribution is -2.39. The minimum atomic E-state index is -4.42. The van der Waals surface area contributed by atoms with Gasteiger partial charge in [-0.15, -0.1) is 11.3 Å². The van der Waals surface area contributed by atoms with Gasteiger partial charge in [0.2, 0.25) is 0 Å². The largest absolute Gasteiger partial charge is 0.476 e. The van der Waals surface area contributed by atoms with Gasteiger partial charge in [-0.1, -0.05) is 24.3 Å². The van der Waals surface area contributed by atoms with Crippen LogP contribution in [-0.4, -0.2) is 29.1 Å². The predicted molar refractivity (Wildman–Crippen MR) is 136 cm³/mol. The highest BCUT2D eigenvalue weighted by Gasteiger charge is 2.32. The number of nitrogens with one attached hydrogen (secondary N) is 1.